The molecule has 0 amide bonds. The summed E-state index contributed by atoms with van der Waals surface area (Å²) in [6.45, 7) is 3.30. The minimum absolute atomic E-state index is 0.401. The second kappa shape index (κ2) is 5.97. The number of nitriles is 1. The molecule has 2 rings (SSSR count). The highest BCUT2D eigenvalue weighted by Crippen LogP contribution is 2.25. The van der Waals surface area contributed by atoms with Crippen molar-refractivity contribution in [3.05, 3.63) is 39.9 Å². The minimum Gasteiger partial charge on any atom is -0.383 e. The first-order chi connectivity index (χ1) is 9.58. The number of aromatic nitrogens is 2. The van der Waals surface area contributed by atoms with E-state index in [1.165, 1.54) is 0 Å². The lowest BCUT2D eigenvalue weighted by Gasteiger charge is -2.12. The molecule has 2 N–H and O–H groups in total. The van der Waals surface area contributed by atoms with E-state index < -0.39 is 0 Å². The number of rotatable bonds is 4. The summed E-state index contributed by atoms with van der Waals surface area (Å²) < 4.78 is 2.67. The molecular formula is C14H16BrN5. The van der Waals surface area contributed by atoms with Gasteiger partial charge in [-0.3, -0.25) is 0 Å². The summed E-state index contributed by atoms with van der Waals surface area (Å²) in [6.07, 6.45) is 0. The lowest BCUT2D eigenvalue weighted by Crippen LogP contribution is -2.17. The summed E-state index contributed by atoms with van der Waals surface area (Å²) in [5.41, 5.74) is 7.54. The predicted molar refractivity (Wildman–Crippen MR) is 83.5 cm³/mol. The van der Waals surface area contributed by atoms with Gasteiger partial charge in [-0.15, -0.1) is 0 Å². The fourth-order valence-electron chi connectivity index (χ4n) is 1.89. The maximum absolute atomic E-state index is 9.26. The average molecular weight is 334 g/mol. The van der Waals surface area contributed by atoms with E-state index in [0.717, 1.165) is 16.6 Å². The van der Waals surface area contributed by atoms with Crippen LogP contribution in [0.4, 0.5) is 11.6 Å². The topological polar surface area (TPSA) is 70.9 Å². The number of hydrogen-bond donors (Lipinski definition) is 1. The van der Waals surface area contributed by atoms with Crippen molar-refractivity contribution in [2.75, 3.05) is 24.2 Å². The molecule has 0 spiro atoms. The van der Waals surface area contributed by atoms with Gasteiger partial charge in [0.2, 0.25) is 0 Å². The largest absolute Gasteiger partial charge is 0.383 e. The van der Waals surface area contributed by atoms with E-state index in [-0.39, 0.29) is 0 Å². The highest BCUT2D eigenvalue weighted by Gasteiger charge is 2.18. The second-order valence-corrected chi connectivity index (χ2v) is 5.31. The summed E-state index contributed by atoms with van der Waals surface area (Å²) in [5.74, 6) is 1.03. The molecule has 0 aliphatic rings. The van der Waals surface area contributed by atoms with Gasteiger partial charge in [0.05, 0.1) is 6.54 Å². The smallest absolute Gasteiger partial charge is 0.170 e. The highest BCUT2D eigenvalue weighted by molar-refractivity contribution is 9.10. The molecule has 0 bridgehead atoms. The molecule has 0 unspecified atom stereocenters. The van der Waals surface area contributed by atoms with Crippen LogP contribution in [0.1, 0.15) is 18.1 Å². The van der Waals surface area contributed by atoms with Crippen molar-refractivity contribution in [2.24, 2.45) is 0 Å². The SMILES string of the molecule is CCN(C)c1nn(Cc2ccccc2Br)c(N)c1C#N. The van der Waals surface area contributed by atoms with Crippen LogP contribution >= 0.6 is 15.9 Å². The predicted octanol–water partition coefficient (Wildman–Crippen LogP) is 2.60. The number of benzene rings is 1. The Morgan fingerprint density at radius 2 is 2.15 bits per heavy atom. The van der Waals surface area contributed by atoms with E-state index in [1.807, 2.05) is 43.1 Å². The van der Waals surface area contributed by atoms with Crippen molar-refractivity contribution in [1.82, 2.24) is 9.78 Å². The van der Waals surface area contributed by atoms with E-state index >= 15 is 0 Å². The molecule has 6 heteroatoms. The van der Waals surface area contributed by atoms with E-state index in [4.69, 9.17) is 5.73 Å². The van der Waals surface area contributed by atoms with Gasteiger partial charge >= 0.3 is 0 Å². The van der Waals surface area contributed by atoms with Crippen LogP contribution in [0.3, 0.4) is 0 Å². The number of hydrogen-bond acceptors (Lipinski definition) is 4. The third-order valence-electron chi connectivity index (χ3n) is 3.20. The maximum Gasteiger partial charge on any atom is 0.170 e. The van der Waals surface area contributed by atoms with Crippen molar-refractivity contribution < 1.29 is 0 Å². The third-order valence-corrected chi connectivity index (χ3v) is 3.97. The summed E-state index contributed by atoms with van der Waals surface area (Å²) in [5, 5.41) is 13.7. The zero-order chi connectivity index (χ0) is 14.7. The van der Waals surface area contributed by atoms with Gasteiger partial charge in [0.25, 0.3) is 0 Å². The number of anilines is 2. The molecule has 20 heavy (non-hydrogen) atoms. The van der Waals surface area contributed by atoms with Gasteiger partial charge in [-0.25, -0.2) is 4.68 Å². The van der Waals surface area contributed by atoms with Gasteiger partial charge in [-0.2, -0.15) is 10.4 Å². The molecule has 2 aromatic rings. The normalized spacial score (nSPS) is 10.3. The van der Waals surface area contributed by atoms with Crippen LogP contribution < -0.4 is 10.6 Å². The molecular weight excluding hydrogens is 318 g/mol. The van der Waals surface area contributed by atoms with Crippen molar-refractivity contribution >= 4 is 27.6 Å². The first kappa shape index (κ1) is 14.4. The third kappa shape index (κ3) is 2.63. The number of nitrogens with zero attached hydrogens (tertiary/aromatic N) is 4. The molecule has 0 aliphatic carbocycles. The molecule has 0 radical (unpaired) electrons. The lowest BCUT2D eigenvalue weighted by atomic mass is 10.2. The number of halogens is 1. The quantitative estimate of drug-likeness (QED) is 0.933. The van der Waals surface area contributed by atoms with Crippen molar-refractivity contribution in [2.45, 2.75) is 13.5 Å². The molecule has 104 valence electrons. The zero-order valence-corrected chi connectivity index (χ0v) is 13.1. The van der Waals surface area contributed by atoms with Crippen LogP contribution in [0.25, 0.3) is 0 Å². The fraction of sp³-hybridized carbons (Fsp3) is 0.286. The number of nitrogens with two attached hydrogens (primary N) is 1. The van der Waals surface area contributed by atoms with E-state index in [0.29, 0.717) is 23.7 Å². The molecule has 0 fully saturated rings. The first-order valence-electron chi connectivity index (χ1n) is 6.29. The fourth-order valence-corrected chi connectivity index (χ4v) is 2.30. The molecule has 0 aliphatic heterocycles. The maximum atomic E-state index is 9.26. The van der Waals surface area contributed by atoms with Gasteiger partial charge in [0.15, 0.2) is 5.82 Å². The molecule has 0 saturated carbocycles. The highest BCUT2D eigenvalue weighted by atomic mass is 79.9. The van der Waals surface area contributed by atoms with Crippen LogP contribution in [-0.2, 0) is 6.54 Å². The monoisotopic (exact) mass is 333 g/mol. The Morgan fingerprint density at radius 3 is 2.75 bits per heavy atom. The molecule has 0 saturated heterocycles. The van der Waals surface area contributed by atoms with Crippen LogP contribution in [0.15, 0.2) is 28.7 Å². The standard InChI is InChI=1S/C14H16BrN5/c1-3-19(2)14-11(8-16)13(17)20(18-14)9-10-6-4-5-7-12(10)15/h4-7H,3,9,17H2,1-2H3. The van der Waals surface area contributed by atoms with E-state index in [2.05, 4.69) is 27.1 Å². The summed E-state index contributed by atoms with van der Waals surface area (Å²) in [6, 6.07) is 10.0. The molecule has 1 aromatic carbocycles. The Hall–Kier alpha value is -2.00. The molecule has 5 nitrogen and oxygen atoms in total. The summed E-state index contributed by atoms with van der Waals surface area (Å²) in [7, 11) is 1.89. The molecule has 1 heterocycles. The van der Waals surface area contributed by atoms with Crippen LogP contribution in [0.2, 0.25) is 0 Å². The van der Waals surface area contributed by atoms with Gasteiger partial charge in [0, 0.05) is 18.1 Å². The van der Waals surface area contributed by atoms with E-state index in [1.54, 1.807) is 4.68 Å². The lowest BCUT2D eigenvalue weighted by molar-refractivity contribution is 0.690. The van der Waals surface area contributed by atoms with Gasteiger partial charge in [-0.1, -0.05) is 34.1 Å². The Bertz CT molecular complexity index is 656. The van der Waals surface area contributed by atoms with Crippen molar-refractivity contribution in [3.63, 3.8) is 0 Å². The summed E-state index contributed by atoms with van der Waals surface area (Å²) >= 11 is 3.51. The van der Waals surface area contributed by atoms with Crippen LogP contribution in [0.5, 0.6) is 0 Å². The second-order valence-electron chi connectivity index (χ2n) is 4.46. The minimum atomic E-state index is 0.401. The van der Waals surface area contributed by atoms with Gasteiger partial charge in [-0.05, 0) is 18.6 Å². The Balaban J connectivity index is 2.41. The van der Waals surface area contributed by atoms with Crippen LogP contribution in [-0.4, -0.2) is 23.4 Å². The zero-order valence-electron chi connectivity index (χ0n) is 11.5. The Kier molecular flexibility index (Phi) is 4.30. The van der Waals surface area contributed by atoms with Crippen molar-refractivity contribution in [1.29, 1.82) is 5.26 Å². The molecule has 1 aromatic heterocycles. The first-order valence-corrected chi connectivity index (χ1v) is 7.08. The van der Waals surface area contributed by atoms with Crippen LogP contribution in [0, 0.1) is 11.3 Å². The Morgan fingerprint density at radius 1 is 1.45 bits per heavy atom. The summed E-state index contributed by atoms with van der Waals surface area (Å²) in [4.78, 5) is 1.91. The van der Waals surface area contributed by atoms with E-state index in [9.17, 15) is 5.26 Å². The average Bonchev–Trinajstić information content (AvgIpc) is 2.77. The van der Waals surface area contributed by atoms with Crippen molar-refractivity contribution in [3.8, 4) is 6.07 Å². The van der Waals surface area contributed by atoms with Gasteiger partial charge < -0.3 is 10.6 Å². The number of nitrogen functional groups attached to an aromatic ring is 1. The van der Waals surface area contributed by atoms with Gasteiger partial charge in [0.1, 0.15) is 17.5 Å². The molecule has 0 atom stereocenters. The Labute approximate surface area is 126 Å².